The van der Waals surface area contributed by atoms with E-state index in [0.717, 1.165) is 12.7 Å². The second-order valence-electron chi connectivity index (χ2n) is 12.5. The zero-order valence-corrected chi connectivity index (χ0v) is 31.0. The Balaban J connectivity index is 1.20. The van der Waals surface area contributed by atoms with Gasteiger partial charge in [0.05, 0.1) is 26.9 Å². The zero-order valence-electron chi connectivity index (χ0n) is 30.3. The number of anilines is 3. The Morgan fingerprint density at radius 3 is 2.18 bits per heavy atom. The van der Waals surface area contributed by atoms with Crippen molar-refractivity contribution < 1.29 is 51.3 Å². The maximum absolute atomic E-state index is 13.1. The van der Waals surface area contributed by atoms with Crippen LogP contribution in [0.1, 0.15) is 47.2 Å². The Morgan fingerprint density at radius 2 is 1.55 bits per heavy atom. The first kappa shape index (κ1) is 41.0. The third-order valence-corrected chi connectivity index (χ3v) is 8.74. The molecule has 1 aromatic heterocycles. The van der Waals surface area contributed by atoms with Crippen molar-refractivity contribution in [3.63, 3.8) is 0 Å². The first-order valence-corrected chi connectivity index (χ1v) is 17.4. The van der Waals surface area contributed by atoms with Crippen LogP contribution in [0.4, 0.5) is 30.8 Å². The number of benzene rings is 3. The molecular formula is C37H37ClF3N7O8. The Bertz CT molecular complexity index is 2050. The highest BCUT2D eigenvalue weighted by Gasteiger charge is 2.45. The van der Waals surface area contributed by atoms with Gasteiger partial charge < -0.3 is 40.2 Å². The largest absolute Gasteiger partial charge is 0.493 e. The highest BCUT2D eigenvalue weighted by atomic mass is 35.5. The van der Waals surface area contributed by atoms with Crippen molar-refractivity contribution in [2.45, 2.75) is 50.0 Å². The number of nitrogens with one attached hydrogen (secondary N) is 4. The van der Waals surface area contributed by atoms with Crippen LogP contribution in [-0.4, -0.2) is 78.7 Å². The molecule has 19 heteroatoms. The SMILES string of the molecule is COC(=O)[C@H](CCC(=O)C(=O)NCc1ccc(OC)c(OC)c1)NC(=O)c1ccc(Nc2nc(NC3(c4ccc(Cl)cc4)CC3)nc(OCC(F)(F)F)n2)cc1. The molecule has 0 saturated heterocycles. The molecule has 4 N–H and O–H groups in total. The second kappa shape index (κ2) is 18.0. The number of methoxy groups -OCH3 is 3. The van der Waals surface area contributed by atoms with Gasteiger partial charge in [-0.25, -0.2) is 4.79 Å². The highest BCUT2D eigenvalue weighted by molar-refractivity contribution is 6.36. The number of aromatic nitrogens is 3. The average Bonchev–Trinajstić information content (AvgIpc) is 3.97. The van der Waals surface area contributed by atoms with Gasteiger partial charge in [-0.3, -0.25) is 14.4 Å². The van der Waals surface area contributed by atoms with Crippen LogP contribution < -0.4 is 35.5 Å². The van der Waals surface area contributed by atoms with Crippen LogP contribution in [0.3, 0.4) is 0 Å². The van der Waals surface area contributed by atoms with Crippen molar-refractivity contribution in [3.8, 4) is 17.5 Å². The maximum atomic E-state index is 13.1. The predicted octanol–water partition coefficient (Wildman–Crippen LogP) is 5.27. The molecule has 0 bridgehead atoms. The molecule has 0 unspecified atom stereocenters. The lowest BCUT2D eigenvalue weighted by Crippen LogP contribution is -2.42. The number of hydrogen-bond donors (Lipinski definition) is 4. The molecule has 1 fully saturated rings. The summed E-state index contributed by atoms with van der Waals surface area (Å²) >= 11 is 6.03. The minimum atomic E-state index is -4.64. The van der Waals surface area contributed by atoms with Gasteiger partial charge >= 0.3 is 18.2 Å². The van der Waals surface area contributed by atoms with E-state index in [0.29, 0.717) is 40.6 Å². The molecule has 15 nitrogen and oxygen atoms in total. The zero-order chi connectivity index (χ0) is 40.5. The molecule has 56 heavy (non-hydrogen) atoms. The average molecular weight is 800 g/mol. The number of nitrogens with zero attached hydrogens (tertiary/aromatic N) is 3. The van der Waals surface area contributed by atoms with Gasteiger partial charge in [-0.05, 0) is 78.9 Å². The summed E-state index contributed by atoms with van der Waals surface area (Å²) in [6.45, 7) is -1.60. The normalized spacial score (nSPS) is 13.4. The van der Waals surface area contributed by atoms with Crippen LogP contribution in [-0.2, 0) is 31.2 Å². The number of halogens is 4. The molecule has 0 aliphatic heterocycles. The van der Waals surface area contributed by atoms with Crippen molar-refractivity contribution in [1.82, 2.24) is 25.6 Å². The van der Waals surface area contributed by atoms with E-state index in [2.05, 4.69) is 36.2 Å². The number of carbonyl (C=O) groups is 4. The number of hydrogen-bond acceptors (Lipinski definition) is 13. The van der Waals surface area contributed by atoms with Gasteiger partial charge in [0, 0.05) is 29.2 Å². The quantitative estimate of drug-likeness (QED) is 0.0753. The fourth-order valence-electron chi connectivity index (χ4n) is 5.40. The van der Waals surface area contributed by atoms with Crippen LogP contribution in [0.5, 0.6) is 17.5 Å². The minimum Gasteiger partial charge on any atom is -0.493 e. The molecule has 1 aliphatic carbocycles. The van der Waals surface area contributed by atoms with Gasteiger partial charge in [-0.15, -0.1) is 0 Å². The summed E-state index contributed by atoms with van der Waals surface area (Å²) < 4.78 is 59.0. The topological polar surface area (TPSA) is 192 Å². The molecule has 1 heterocycles. The number of ether oxygens (including phenoxy) is 4. The lowest BCUT2D eigenvalue weighted by Gasteiger charge is -2.19. The summed E-state index contributed by atoms with van der Waals surface area (Å²) in [7, 11) is 4.07. The Labute approximate surface area is 323 Å². The lowest BCUT2D eigenvalue weighted by atomic mass is 10.1. The van der Waals surface area contributed by atoms with Gasteiger partial charge in [0.15, 0.2) is 18.1 Å². The molecule has 2 amide bonds. The van der Waals surface area contributed by atoms with Crippen molar-refractivity contribution >= 4 is 52.8 Å². The summed E-state index contributed by atoms with van der Waals surface area (Å²) in [5.41, 5.74) is 1.42. The number of carbonyl (C=O) groups excluding carboxylic acids is 4. The third kappa shape index (κ3) is 11.2. The van der Waals surface area contributed by atoms with Crippen molar-refractivity contribution in [2.75, 3.05) is 38.6 Å². The lowest BCUT2D eigenvalue weighted by molar-refractivity contribution is -0.154. The number of ketones is 1. The summed E-state index contributed by atoms with van der Waals surface area (Å²) in [6.07, 6.45) is -3.84. The Hall–Kier alpha value is -6.17. The summed E-state index contributed by atoms with van der Waals surface area (Å²) in [5, 5.41) is 11.6. The standard InChI is InChI=1S/C37H37ClF3N7O8/c1-53-28-15-4-21(18-29(28)54-2)19-42-31(51)27(49)14-13-26(32(52)55-3)44-30(50)22-5-11-25(12-6-22)43-33-45-34(47-35(46-33)56-20-37(39,40)41)48-36(16-17-36)23-7-9-24(38)10-8-23/h4-12,15,18,26H,13-14,16-17,19-20H2,1-3H3,(H,42,51)(H,44,50)(H2,43,45,46,47,48)/t26-/m0/s1. The minimum absolute atomic E-state index is 0.0241. The first-order chi connectivity index (χ1) is 26.7. The molecule has 5 rings (SSSR count). The molecule has 4 aromatic rings. The molecule has 0 radical (unpaired) electrons. The van der Waals surface area contributed by atoms with Crippen molar-refractivity contribution in [3.05, 3.63) is 88.4 Å². The first-order valence-electron chi connectivity index (χ1n) is 17.0. The van der Waals surface area contributed by atoms with E-state index in [1.54, 1.807) is 30.3 Å². The summed E-state index contributed by atoms with van der Waals surface area (Å²) in [4.78, 5) is 63.1. The van der Waals surface area contributed by atoms with Gasteiger partial charge in [-0.1, -0.05) is 29.8 Å². The van der Waals surface area contributed by atoms with E-state index in [9.17, 15) is 32.3 Å². The summed E-state index contributed by atoms with van der Waals surface area (Å²) in [6, 6.07) is 16.0. The number of rotatable bonds is 18. The number of amides is 2. The monoisotopic (exact) mass is 799 g/mol. The Kier molecular flexibility index (Phi) is 13.2. The fraction of sp³-hybridized carbons (Fsp3) is 0.324. The van der Waals surface area contributed by atoms with Crippen molar-refractivity contribution in [2.24, 2.45) is 0 Å². The second-order valence-corrected chi connectivity index (χ2v) is 12.9. The van der Waals surface area contributed by atoms with E-state index in [-0.39, 0.29) is 36.8 Å². The van der Waals surface area contributed by atoms with Crippen LogP contribution in [0, 0.1) is 0 Å². The molecule has 296 valence electrons. The molecule has 3 aromatic carbocycles. The van der Waals surface area contributed by atoms with Gasteiger partial charge in [-0.2, -0.15) is 28.1 Å². The fourth-order valence-corrected chi connectivity index (χ4v) is 5.53. The van der Waals surface area contributed by atoms with E-state index in [4.69, 9.17) is 30.5 Å². The van der Waals surface area contributed by atoms with E-state index in [1.165, 1.54) is 38.5 Å². The van der Waals surface area contributed by atoms with Crippen molar-refractivity contribution in [1.29, 1.82) is 0 Å². The molecular weight excluding hydrogens is 763 g/mol. The van der Waals surface area contributed by atoms with Gasteiger partial charge in [0.1, 0.15) is 6.04 Å². The van der Waals surface area contributed by atoms with E-state index in [1.807, 2.05) is 12.1 Å². The van der Waals surface area contributed by atoms with Gasteiger partial charge in [0.25, 0.3) is 11.8 Å². The van der Waals surface area contributed by atoms with Gasteiger partial charge in [0.2, 0.25) is 17.7 Å². The molecule has 1 saturated carbocycles. The molecule has 1 aliphatic rings. The molecule has 0 spiro atoms. The predicted molar refractivity (Wildman–Crippen MR) is 196 cm³/mol. The highest BCUT2D eigenvalue weighted by Crippen LogP contribution is 2.48. The van der Waals surface area contributed by atoms with Crippen LogP contribution >= 0.6 is 11.6 Å². The van der Waals surface area contributed by atoms with Crippen LogP contribution in [0.2, 0.25) is 5.02 Å². The number of Topliss-reactive ketones (excluding diaryl/α,β-unsaturated/α-hetero) is 1. The van der Waals surface area contributed by atoms with E-state index >= 15 is 0 Å². The van der Waals surface area contributed by atoms with E-state index < -0.39 is 53.9 Å². The number of esters is 1. The third-order valence-electron chi connectivity index (χ3n) is 8.49. The van der Waals surface area contributed by atoms with Crippen LogP contribution in [0.25, 0.3) is 0 Å². The van der Waals surface area contributed by atoms with Crippen LogP contribution in [0.15, 0.2) is 66.7 Å². The maximum Gasteiger partial charge on any atom is 0.422 e. The number of alkyl halides is 3. The smallest absolute Gasteiger partial charge is 0.422 e. The molecule has 1 atom stereocenters. The Morgan fingerprint density at radius 1 is 0.875 bits per heavy atom. The summed E-state index contributed by atoms with van der Waals surface area (Å²) in [5.74, 6) is -2.46.